The van der Waals surface area contributed by atoms with Crippen LogP contribution in [0.4, 0.5) is 0 Å². The first-order chi connectivity index (χ1) is 12.0. The molecule has 1 aliphatic rings. The highest BCUT2D eigenvalue weighted by molar-refractivity contribution is 7.80. The highest BCUT2D eigenvalue weighted by Crippen LogP contribution is 2.25. The monoisotopic (exact) mass is 372 g/mol. The number of thiocarbonyl (C=S) groups is 1. The van der Waals surface area contributed by atoms with E-state index in [1.54, 1.807) is 24.3 Å². The van der Waals surface area contributed by atoms with Crippen LogP contribution in [-0.4, -0.2) is 28.4 Å². The summed E-state index contributed by atoms with van der Waals surface area (Å²) in [5, 5.41) is 3.17. The molecule has 5 nitrogen and oxygen atoms in total. The van der Waals surface area contributed by atoms with Crippen molar-refractivity contribution in [1.29, 1.82) is 0 Å². The molecular weight excluding hydrogens is 360 g/mol. The molecule has 0 bridgehead atoms. The Hall–Kier alpha value is -2.70. The summed E-state index contributed by atoms with van der Waals surface area (Å²) in [6.07, 6.45) is 2.93. The number of carbonyl (C=O) groups is 2. The Morgan fingerprint density at radius 3 is 2.60 bits per heavy atom. The van der Waals surface area contributed by atoms with Gasteiger partial charge in [0.05, 0.1) is 0 Å². The largest absolute Gasteiger partial charge is 0.457 e. The lowest BCUT2D eigenvalue weighted by Gasteiger charge is -2.27. The lowest BCUT2D eigenvalue weighted by atomic mass is 10.1. The Morgan fingerprint density at radius 2 is 1.92 bits per heavy atom. The summed E-state index contributed by atoms with van der Waals surface area (Å²) < 4.78 is 5.71. The van der Waals surface area contributed by atoms with E-state index in [2.05, 4.69) is 11.9 Å². The summed E-state index contributed by atoms with van der Waals surface area (Å²) in [5.74, 6) is -0.0571. The summed E-state index contributed by atoms with van der Waals surface area (Å²) in [6.45, 7) is 3.79. The third-order valence-corrected chi connectivity index (χ3v) is 4.11. The molecule has 0 spiro atoms. The van der Waals surface area contributed by atoms with Gasteiger partial charge in [0, 0.05) is 17.1 Å². The fourth-order valence-corrected chi connectivity index (χ4v) is 2.71. The van der Waals surface area contributed by atoms with E-state index in [4.69, 9.17) is 28.2 Å². The predicted octanol–water partition coefficient (Wildman–Crippen LogP) is 3.41. The van der Waals surface area contributed by atoms with Gasteiger partial charge in [-0.3, -0.25) is 19.8 Å². The van der Waals surface area contributed by atoms with E-state index in [9.17, 15) is 9.59 Å². The molecule has 1 aromatic heterocycles. The van der Waals surface area contributed by atoms with Crippen molar-refractivity contribution in [1.82, 2.24) is 10.2 Å². The van der Waals surface area contributed by atoms with Crippen molar-refractivity contribution in [3.63, 3.8) is 0 Å². The maximum Gasteiger partial charge on any atom is 0.266 e. The molecule has 7 heteroatoms. The maximum atomic E-state index is 12.5. The second-order valence-electron chi connectivity index (χ2n) is 5.23. The third-order valence-electron chi connectivity index (χ3n) is 3.54. The number of rotatable bonds is 4. The van der Waals surface area contributed by atoms with Gasteiger partial charge in [-0.05, 0) is 54.7 Å². The van der Waals surface area contributed by atoms with Crippen LogP contribution in [0.15, 0.2) is 59.0 Å². The van der Waals surface area contributed by atoms with Crippen LogP contribution in [0.5, 0.6) is 0 Å². The molecule has 0 atom stereocenters. The van der Waals surface area contributed by atoms with E-state index >= 15 is 0 Å². The Bertz CT molecular complexity index is 899. The number of nitrogens with zero attached hydrogens (tertiary/aromatic N) is 1. The first-order valence-electron chi connectivity index (χ1n) is 7.35. The molecule has 2 amide bonds. The zero-order chi connectivity index (χ0) is 18.0. The first kappa shape index (κ1) is 17.1. The van der Waals surface area contributed by atoms with Crippen LogP contribution < -0.4 is 5.32 Å². The lowest BCUT2D eigenvalue weighted by molar-refractivity contribution is -0.128. The minimum Gasteiger partial charge on any atom is -0.457 e. The van der Waals surface area contributed by atoms with Crippen LogP contribution in [0.3, 0.4) is 0 Å². The van der Waals surface area contributed by atoms with Crippen molar-refractivity contribution in [2.24, 2.45) is 0 Å². The standard InChI is InChI=1S/C18H13ClN2O3S/c1-2-9-21-17(23)14(16(22)20-18(21)25)10-13-7-8-15(24-13)11-3-5-12(19)6-4-11/h2-8,10H,1,9H2,(H,20,22,25)/b14-10-. The molecule has 0 saturated carbocycles. The van der Waals surface area contributed by atoms with Crippen molar-refractivity contribution in [3.8, 4) is 11.3 Å². The average Bonchev–Trinajstić information content (AvgIpc) is 3.05. The maximum absolute atomic E-state index is 12.5. The minimum atomic E-state index is -0.556. The molecule has 0 aliphatic carbocycles. The SMILES string of the molecule is C=CCN1C(=O)/C(=C\c2ccc(-c3ccc(Cl)cc3)o2)C(=O)NC1=S. The number of halogens is 1. The highest BCUT2D eigenvalue weighted by atomic mass is 35.5. The van der Waals surface area contributed by atoms with Crippen LogP contribution in [0.25, 0.3) is 17.4 Å². The van der Waals surface area contributed by atoms with Gasteiger partial charge >= 0.3 is 0 Å². The summed E-state index contributed by atoms with van der Waals surface area (Å²) >= 11 is 10.9. The first-order valence-corrected chi connectivity index (χ1v) is 8.14. The van der Waals surface area contributed by atoms with Crippen molar-refractivity contribution >= 4 is 46.8 Å². The van der Waals surface area contributed by atoms with Gasteiger partial charge in [0.2, 0.25) is 0 Å². The van der Waals surface area contributed by atoms with E-state index in [1.807, 2.05) is 12.1 Å². The Morgan fingerprint density at radius 1 is 1.20 bits per heavy atom. The van der Waals surface area contributed by atoms with E-state index in [0.717, 1.165) is 5.56 Å². The van der Waals surface area contributed by atoms with Gasteiger partial charge in [0.25, 0.3) is 11.8 Å². The molecule has 2 heterocycles. The summed E-state index contributed by atoms with van der Waals surface area (Å²) in [7, 11) is 0. The number of furan rings is 1. The number of carbonyl (C=O) groups excluding carboxylic acids is 2. The fraction of sp³-hybridized carbons (Fsp3) is 0.0556. The van der Waals surface area contributed by atoms with Crippen LogP contribution in [0, 0.1) is 0 Å². The number of hydrogen-bond donors (Lipinski definition) is 1. The molecule has 0 radical (unpaired) electrons. The number of nitrogens with one attached hydrogen (secondary N) is 1. The fourth-order valence-electron chi connectivity index (χ4n) is 2.33. The molecule has 1 aliphatic heterocycles. The summed E-state index contributed by atoms with van der Waals surface area (Å²) in [6, 6.07) is 10.6. The van der Waals surface area contributed by atoms with Crippen LogP contribution in [0.2, 0.25) is 5.02 Å². The number of benzene rings is 1. The molecular formula is C18H13ClN2O3S. The quantitative estimate of drug-likeness (QED) is 0.386. The van der Waals surface area contributed by atoms with Crippen molar-refractivity contribution in [3.05, 3.63) is 65.4 Å². The zero-order valence-corrected chi connectivity index (χ0v) is 14.6. The smallest absolute Gasteiger partial charge is 0.266 e. The Labute approximate surface area is 154 Å². The molecule has 1 fully saturated rings. The van der Waals surface area contributed by atoms with E-state index in [-0.39, 0.29) is 17.2 Å². The normalized spacial score (nSPS) is 16.3. The van der Waals surface area contributed by atoms with Crippen LogP contribution in [-0.2, 0) is 9.59 Å². The van der Waals surface area contributed by atoms with Gasteiger partial charge in [-0.1, -0.05) is 17.7 Å². The summed E-state index contributed by atoms with van der Waals surface area (Å²) in [4.78, 5) is 25.8. The van der Waals surface area contributed by atoms with Gasteiger partial charge < -0.3 is 4.42 Å². The van der Waals surface area contributed by atoms with Crippen LogP contribution in [0.1, 0.15) is 5.76 Å². The van der Waals surface area contributed by atoms with E-state index in [0.29, 0.717) is 16.5 Å². The molecule has 1 saturated heterocycles. The average molecular weight is 373 g/mol. The molecule has 3 rings (SSSR count). The van der Waals surface area contributed by atoms with E-state index in [1.165, 1.54) is 17.1 Å². The Balaban J connectivity index is 1.90. The molecule has 0 unspecified atom stereocenters. The van der Waals surface area contributed by atoms with Gasteiger partial charge in [-0.15, -0.1) is 6.58 Å². The lowest BCUT2D eigenvalue weighted by Crippen LogP contribution is -2.53. The molecule has 25 heavy (non-hydrogen) atoms. The van der Waals surface area contributed by atoms with Gasteiger partial charge in [-0.25, -0.2) is 0 Å². The number of amides is 2. The second kappa shape index (κ2) is 7.04. The minimum absolute atomic E-state index is 0.0487. The zero-order valence-electron chi connectivity index (χ0n) is 13.0. The van der Waals surface area contributed by atoms with Gasteiger partial charge in [0.15, 0.2) is 5.11 Å². The van der Waals surface area contributed by atoms with E-state index < -0.39 is 11.8 Å². The van der Waals surface area contributed by atoms with Crippen molar-refractivity contribution < 1.29 is 14.0 Å². The van der Waals surface area contributed by atoms with Crippen LogP contribution >= 0.6 is 23.8 Å². The molecule has 1 N–H and O–H groups in total. The predicted molar refractivity (Wildman–Crippen MR) is 99.8 cm³/mol. The molecule has 1 aromatic carbocycles. The highest BCUT2D eigenvalue weighted by Gasteiger charge is 2.32. The van der Waals surface area contributed by atoms with Gasteiger partial charge in [-0.2, -0.15) is 0 Å². The number of hydrogen-bond acceptors (Lipinski definition) is 4. The topological polar surface area (TPSA) is 62.6 Å². The van der Waals surface area contributed by atoms with Crippen molar-refractivity contribution in [2.75, 3.05) is 6.54 Å². The summed E-state index contributed by atoms with van der Waals surface area (Å²) in [5.41, 5.74) is 0.787. The second-order valence-corrected chi connectivity index (χ2v) is 6.05. The molecule has 2 aromatic rings. The molecule has 126 valence electrons. The van der Waals surface area contributed by atoms with Gasteiger partial charge in [0.1, 0.15) is 17.1 Å². The Kier molecular flexibility index (Phi) is 4.83. The van der Waals surface area contributed by atoms with Crippen molar-refractivity contribution in [2.45, 2.75) is 0 Å². The third kappa shape index (κ3) is 3.55.